The summed E-state index contributed by atoms with van der Waals surface area (Å²) in [4.78, 5) is 11.3. The van der Waals surface area contributed by atoms with Crippen molar-refractivity contribution in [2.24, 2.45) is 0 Å². The summed E-state index contributed by atoms with van der Waals surface area (Å²) >= 11 is 0. The predicted molar refractivity (Wildman–Crippen MR) is 78.7 cm³/mol. The maximum Gasteiger partial charge on any atom is 0.220 e. The van der Waals surface area contributed by atoms with Gasteiger partial charge in [-0.1, -0.05) is 0 Å². The highest BCUT2D eigenvalue weighted by atomic mass is 16.7. The smallest absolute Gasteiger partial charge is 0.220 e. The van der Waals surface area contributed by atoms with E-state index in [1.54, 1.807) is 0 Å². The molecule has 0 bridgehead atoms. The minimum Gasteiger partial charge on any atom is -0.394 e. The van der Waals surface area contributed by atoms with Crippen molar-refractivity contribution in [1.82, 2.24) is 5.32 Å². The van der Waals surface area contributed by atoms with Crippen LogP contribution in [-0.4, -0.2) is 111 Å². The van der Waals surface area contributed by atoms with E-state index in [9.17, 15) is 40.5 Å². The number of hydrogen-bond donors (Lipinski definition) is 7. The first-order chi connectivity index (χ1) is 12.2. The molecule has 1 unspecified atom stereocenters. The average Bonchev–Trinajstić information content (AvgIpc) is 2.60. The number of amides is 1. The van der Waals surface area contributed by atoms with Crippen LogP contribution in [0.25, 0.3) is 0 Å². The summed E-state index contributed by atoms with van der Waals surface area (Å²) in [6, 6.07) is -1.20. The van der Waals surface area contributed by atoms with Crippen LogP contribution < -0.4 is 5.32 Å². The lowest BCUT2D eigenvalue weighted by Crippen LogP contribution is -2.65. The first-order valence-electron chi connectivity index (χ1n) is 8.04. The Bertz CT molecular complexity index is 480. The van der Waals surface area contributed by atoms with Crippen LogP contribution in [0.1, 0.15) is 6.92 Å². The van der Waals surface area contributed by atoms with E-state index in [1.807, 2.05) is 0 Å². The molecule has 2 aliphatic heterocycles. The number of carbonyl (C=O) groups is 1. The summed E-state index contributed by atoms with van der Waals surface area (Å²) in [6.07, 6.45) is -14.0. The molecule has 2 rings (SSSR count). The van der Waals surface area contributed by atoms with Crippen molar-refractivity contribution >= 4 is 5.91 Å². The normalized spacial score (nSPS) is 46.8. The van der Waals surface area contributed by atoms with Crippen molar-refractivity contribution in [1.29, 1.82) is 0 Å². The Morgan fingerprint density at radius 3 is 2.15 bits per heavy atom. The Hall–Kier alpha value is -0.930. The van der Waals surface area contributed by atoms with Crippen LogP contribution in [-0.2, 0) is 24.1 Å². The number of aliphatic hydroxyl groups is 6. The Morgan fingerprint density at radius 1 is 0.962 bits per heavy atom. The summed E-state index contributed by atoms with van der Waals surface area (Å²) in [7, 11) is 0. The fraction of sp³-hybridized carbons (Fsp3) is 0.929. The Labute approximate surface area is 148 Å². The van der Waals surface area contributed by atoms with Gasteiger partial charge in [-0.15, -0.1) is 0 Å². The fourth-order valence-corrected chi connectivity index (χ4v) is 2.86. The molecule has 10 atom stereocenters. The second kappa shape index (κ2) is 8.84. The van der Waals surface area contributed by atoms with E-state index in [1.165, 1.54) is 6.92 Å². The molecule has 26 heavy (non-hydrogen) atoms. The minimum absolute atomic E-state index is 0.495. The summed E-state index contributed by atoms with van der Waals surface area (Å²) in [5.41, 5.74) is 0. The second-order valence-electron chi connectivity index (χ2n) is 6.28. The topological polar surface area (TPSA) is 198 Å². The molecule has 12 heteroatoms. The standard InChI is InChI=1S/C14H24NO11/c1-4(17)15-7-10(20)8(18)5(2-16)26-14(7)24-3-6-9(19)11(21)12(22)13(23)25-6/h5-14,16,18-22H,2-3H2,1H3,(H,15,17)/t5-,6-,7-,8-,9+,10-,11+,12-,13?,14-/m1/s1. The molecule has 2 saturated heterocycles. The molecule has 0 aromatic carbocycles. The lowest BCUT2D eigenvalue weighted by molar-refractivity contribution is -0.322. The molecule has 2 fully saturated rings. The van der Waals surface area contributed by atoms with E-state index in [-0.39, 0.29) is 0 Å². The highest BCUT2D eigenvalue weighted by Crippen LogP contribution is 2.25. The van der Waals surface area contributed by atoms with Crippen LogP contribution in [0.2, 0.25) is 0 Å². The van der Waals surface area contributed by atoms with Gasteiger partial charge in [-0.3, -0.25) is 4.79 Å². The molecule has 1 amide bonds. The van der Waals surface area contributed by atoms with Crippen molar-refractivity contribution < 1.29 is 54.8 Å². The predicted octanol–water partition coefficient (Wildman–Crippen LogP) is -4.82. The third kappa shape index (κ3) is 4.48. The Morgan fingerprint density at radius 2 is 1.58 bits per heavy atom. The lowest BCUT2D eigenvalue weighted by atomic mass is 9.96. The first-order valence-corrected chi connectivity index (χ1v) is 8.04. The number of aliphatic hydroxyl groups excluding tert-OH is 6. The van der Waals surface area contributed by atoms with E-state index in [0.717, 1.165) is 0 Å². The zero-order valence-corrected chi connectivity index (χ0v) is 13.9. The molecule has 1 radical (unpaired) electrons. The highest BCUT2D eigenvalue weighted by Gasteiger charge is 2.47. The van der Waals surface area contributed by atoms with Crippen LogP contribution in [0.3, 0.4) is 0 Å². The van der Waals surface area contributed by atoms with Gasteiger partial charge in [0.05, 0.1) is 13.2 Å². The second-order valence-corrected chi connectivity index (χ2v) is 6.28. The van der Waals surface area contributed by atoms with Gasteiger partial charge in [0.2, 0.25) is 12.2 Å². The molecule has 0 spiro atoms. The van der Waals surface area contributed by atoms with E-state index in [4.69, 9.17) is 14.2 Å². The molecule has 151 valence electrons. The Balaban J connectivity index is 2.05. The van der Waals surface area contributed by atoms with Crippen molar-refractivity contribution in [2.75, 3.05) is 13.2 Å². The maximum absolute atomic E-state index is 11.5. The highest BCUT2D eigenvalue weighted by molar-refractivity contribution is 5.73. The SMILES string of the molecule is CC(=O)N[C@H]1[C@H](OC[C@H]2OC([O])[C@H](O)[C@@H](O)[C@H]2O)O[C@H](CO)[C@@H](O)[C@@H]1O. The van der Waals surface area contributed by atoms with Gasteiger partial charge in [-0.05, 0) is 0 Å². The molecule has 12 nitrogen and oxygen atoms in total. The quantitative estimate of drug-likeness (QED) is 0.242. The van der Waals surface area contributed by atoms with Gasteiger partial charge in [0.1, 0.15) is 48.8 Å². The Kier molecular flexibility index (Phi) is 7.27. The molecule has 0 aliphatic carbocycles. The van der Waals surface area contributed by atoms with Crippen molar-refractivity contribution in [3.8, 4) is 0 Å². The van der Waals surface area contributed by atoms with Gasteiger partial charge >= 0.3 is 0 Å². The van der Waals surface area contributed by atoms with Gasteiger partial charge in [-0.25, -0.2) is 0 Å². The van der Waals surface area contributed by atoms with Crippen LogP contribution >= 0.6 is 0 Å². The van der Waals surface area contributed by atoms with Crippen LogP contribution in [0, 0.1) is 0 Å². The van der Waals surface area contributed by atoms with Crippen LogP contribution in [0.5, 0.6) is 0 Å². The molecule has 0 saturated carbocycles. The van der Waals surface area contributed by atoms with Crippen molar-refractivity contribution in [2.45, 2.75) is 68.3 Å². The van der Waals surface area contributed by atoms with Gasteiger partial charge in [0, 0.05) is 6.92 Å². The molecule has 7 N–H and O–H groups in total. The average molecular weight is 382 g/mol. The third-order valence-electron chi connectivity index (χ3n) is 4.34. The van der Waals surface area contributed by atoms with Crippen LogP contribution in [0.15, 0.2) is 0 Å². The van der Waals surface area contributed by atoms with Gasteiger partial charge < -0.3 is 50.2 Å². The van der Waals surface area contributed by atoms with Gasteiger partial charge in [0.25, 0.3) is 0 Å². The summed E-state index contributed by atoms with van der Waals surface area (Å²) in [5.74, 6) is -0.548. The number of carbonyl (C=O) groups excluding carboxylic acids is 1. The molecular weight excluding hydrogens is 358 g/mol. The number of rotatable bonds is 5. The fourth-order valence-electron chi connectivity index (χ4n) is 2.86. The monoisotopic (exact) mass is 382 g/mol. The summed E-state index contributed by atoms with van der Waals surface area (Å²) in [6.45, 7) is 0.0362. The summed E-state index contributed by atoms with van der Waals surface area (Å²) < 4.78 is 15.5. The molecule has 0 aromatic rings. The molecule has 2 aliphatic rings. The summed E-state index contributed by atoms with van der Waals surface area (Å²) in [5, 5.41) is 71.9. The molecule has 2 heterocycles. The van der Waals surface area contributed by atoms with Gasteiger partial charge in [-0.2, -0.15) is 5.11 Å². The van der Waals surface area contributed by atoms with E-state index in [2.05, 4.69) is 5.32 Å². The zero-order valence-electron chi connectivity index (χ0n) is 13.9. The van der Waals surface area contributed by atoms with Crippen molar-refractivity contribution in [3.05, 3.63) is 0 Å². The molecular formula is C14H24NO11. The third-order valence-corrected chi connectivity index (χ3v) is 4.34. The van der Waals surface area contributed by atoms with E-state index >= 15 is 0 Å². The first kappa shape index (κ1) is 21.4. The van der Waals surface area contributed by atoms with E-state index < -0.39 is 80.5 Å². The number of hydrogen-bond acceptors (Lipinski definition) is 10. The van der Waals surface area contributed by atoms with E-state index in [0.29, 0.717) is 0 Å². The van der Waals surface area contributed by atoms with Gasteiger partial charge in [0.15, 0.2) is 6.29 Å². The number of nitrogens with one attached hydrogen (secondary N) is 1. The largest absolute Gasteiger partial charge is 0.394 e. The maximum atomic E-state index is 11.5. The van der Waals surface area contributed by atoms with Crippen LogP contribution in [0.4, 0.5) is 0 Å². The minimum atomic E-state index is -2.00. The molecule has 0 aromatic heterocycles. The number of ether oxygens (including phenoxy) is 3. The zero-order chi connectivity index (χ0) is 19.6. The lowest BCUT2D eigenvalue weighted by Gasteiger charge is -2.43. The van der Waals surface area contributed by atoms with Crippen molar-refractivity contribution in [3.63, 3.8) is 0 Å².